The van der Waals surface area contributed by atoms with Crippen LogP contribution in [0.5, 0.6) is 0 Å². The minimum atomic E-state index is -0.509. The van der Waals surface area contributed by atoms with Crippen LogP contribution >= 0.6 is 11.6 Å². The summed E-state index contributed by atoms with van der Waals surface area (Å²) >= 11 is 5.84. The third-order valence-electron chi connectivity index (χ3n) is 3.29. The maximum Gasteiger partial charge on any atom is 0.262 e. The zero-order chi connectivity index (χ0) is 15.7. The Kier molecular flexibility index (Phi) is 3.65. The van der Waals surface area contributed by atoms with Crippen LogP contribution in [0.25, 0.3) is 0 Å². The molecular weight excluding hydrogens is 304 g/mol. The molecule has 0 spiro atoms. The number of hydrogen-bond donors (Lipinski definition) is 1. The van der Waals surface area contributed by atoms with Crippen LogP contribution in [0.3, 0.4) is 0 Å². The molecule has 0 bridgehead atoms. The lowest BCUT2D eigenvalue weighted by Gasteiger charge is -2.13. The molecule has 1 aliphatic rings. The zero-order valence-corrected chi connectivity index (χ0v) is 12.1. The van der Waals surface area contributed by atoms with Crippen LogP contribution in [0.1, 0.15) is 20.7 Å². The van der Waals surface area contributed by atoms with Crippen LogP contribution in [-0.2, 0) is 4.79 Å². The predicted octanol–water partition coefficient (Wildman–Crippen LogP) is 2.57. The summed E-state index contributed by atoms with van der Waals surface area (Å²) in [6, 6.07) is 13.3. The molecule has 6 heteroatoms. The van der Waals surface area contributed by atoms with Crippen LogP contribution < -0.4 is 5.32 Å². The number of fused-ring (bicyclic) bond motifs is 1. The molecular formula is C16H11ClN2O3. The maximum atomic E-state index is 12.2. The topological polar surface area (TPSA) is 66.5 Å². The Morgan fingerprint density at radius 1 is 1.00 bits per heavy atom. The first-order valence-electron chi connectivity index (χ1n) is 6.57. The van der Waals surface area contributed by atoms with E-state index >= 15 is 0 Å². The molecule has 2 aromatic rings. The van der Waals surface area contributed by atoms with Gasteiger partial charge in [-0.15, -0.1) is 0 Å². The molecule has 22 heavy (non-hydrogen) atoms. The molecule has 1 aliphatic heterocycles. The van der Waals surface area contributed by atoms with Crippen molar-refractivity contribution in [2.75, 3.05) is 11.9 Å². The fourth-order valence-corrected chi connectivity index (χ4v) is 2.44. The van der Waals surface area contributed by atoms with Gasteiger partial charge in [0.05, 0.1) is 11.1 Å². The number of amides is 3. The van der Waals surface area contributed by atoms with Gasteiger partial charge in [0, 0.05) is 10.7 Å². The molecule has 0 saturated carbocycles. The lowest BCUT2D eigenvalue weighted by Crippen LogP contribution is -2.37. The molecule has 3 rings (SSSR count). The first-order chi connectivity index (χ1) is 10.6. The van der Waals surface area contributed by atoms with Crippen molar-refractivity contribution < 1.29 is 14.4 Å². The molecule has 0 aliphatic carbocycles. The molecule has 0 unspecified atom stereocenters. The zero-order valence-electron chi connectivity index (χ0n) is 11.4. The summed E-state index contributed by atoms with van der Waals surface area (Å²) in [6.07, 6.45) is 0. The number of benzene rings is 2. The Morgan fingerprint density at radius 3 is 2.41 bits per heavy atom. The number of rotatable bonds is 3. The molecule has 2 aromatic carbocycles. The number of nitrogens with one attached hydrogen (secondary N) is 1. The van der Waals surface area contributed by atoms with Crippen LogP contribution in [0.4, 0.5) is 5.69 Å². The lowest BCUT2D eigenvalue weighted by atomic mass is 10.1. The van der Waals surface area contributed by atoms with Crippen molar-refractivity contribution in [2.24, 2.45) is 0 Å². The van der Waals surface area contributed by atoms with E-state index in [2.05, 4.69) is 5.32 Å². The largest absolute Gasteiger partial charge is 0.325 e. The molecule has 0 saturated heterocycles. The van der Waals surface area contributed by atoms with E-state index in [0.29, 0.717) is 10.7 Å². The summed E-state index contributed by atoms with van der Waals surface area (Å²) in [5, 5.41) is 3.01. The summed E-state index contributed by atoms with van der Waals surface area (Å²) in [4.78, 5) is 37.3. The Bertz CT molecular complexity index is 774. The molecule has 0 fully saturated rings. The van der Waals surface area contributed by atoms with Crippen molar-refractivity contribution in [1.29, 1.82) is 0 Å². The quantitative estimate of drug-likeness (QED) is 0.885. The van der Waals surface area contributed by atoms with Crippen molar-refractivity contribution in [3.63, 3.8) is 0 Å². The van der Waals surface area contributed by atoms with Crippen LogP contribution in [0.15, 0.2) is 48.5 Å². The fourth-order valence-electron chi connectivity index (χ4n) is 2.27. The summed E-state index contributed by atoms with van der Waals surface area (Å²) in [5.41, 5.74) is 1.10. The predicted molar refractivity (Wildman–Crippen MR) is 81.9 cm³/mol. The van der Waals surface area contributed by atoms with Gasteiger partial charge in [-0.1, -0.05) is 29.8 Å². The average molecular weight is 315 g/mol. The van der Waals surface area contributed by atoms with Crippen molar-refractivity contribution in [2.45, 2.75) is 0 Å². The van der Waals surface area contributed by atoms with E-state index in [-0.39, 0.29) is 17.7 Å². The van der Waals surface area contributed by atoms with Gasteiger partial charge in [0.25, 0.3) is 11.8 Å². The van der Waals surface area contributed by atoms with Gasteiger partial charge in [-0.05, 0) is 30.3 Å². The number of halogens is 1. The van der Waals surface area contributed by atoms with Crippen LogP contribution in [-0.4, -0.2) is 29.2 Å². The summed E-state index contributed by atoms with van der Waals surface area (Å²) in [6.45, 7) is -0.334. The number of imide groups is 1. The van der Waals surface area contributed by atoms with E-state index < -0.39 is 17.7 Å². The Balaban J connectivity index is 1.75. The maximum absolute atomic E-state index is 12.2. The van der Waals surface area contributed by atoms with Crippen molar-refractivity contribution >= 4 is 35.0 Å². The first kappa shape index (κ1) is 14.3. The van der Waals surface area contributed by atoms with Gasteiger partial charge in [0.1, 0.15) is 6.54 Å². The minimum absolute atomic E-state index is 0.227. The highest BCUT2D eigenvalue weighted by Crippen LogP contribution is 2.25. The van der Waals surface area contributed by atoms with Gasteiger partial charge in [-0.25, -0.2) is 0 Å². The third-order valence-corrected chi connectivity index (χ3v) is 3.53. The highest BCUT2D eigenvalue weighted by atomic mass is 35.5. The SMILES string of the molecule is O=C(CN1C(=O)c2ccc(Cl)cc2C1=O)Nc1ccccc1. The van der Waals surface area contributed by atoms with Crippen LogP contribution in [0.2, 0.25) is 5.02 Å². The van der Waals surface area contributed by atoms with Crippen molar-refractivity contribution in [1.82, 2.24) is 4.90 Å². The van der Waals surface area contributed by atoms with Gasteiger partial charge in [-0.2, -0.15) is 0 Å². The molecule has 0 atom stereocenters. The third kappa shape index (κ3) is 2.58. The molecule has 5 nitrogen and oxygen atoms in total. The van der Waals surface area contributed by atoms with Gasteiger partial charge >= 0.3 is 0 Å². The van der Waals surface area contributed by atoms with E-state index in [0.717, 1.165) is 4.90 Å². The average Bonchev–Trinajstić information content (AvgIpc) is 2.73. The molecule has 0 radical (unpaired) electrons. The second-order valence-corrected chi connectivity index (χ2v) is 5.24. The lowest BCUT2D eigenvalue weighted by molar-refractivity contribution is -0.116. The molecule has 1 N–H and O–H groups in total. The monoisotopic (exact) mass is 314 g/mol. The Morgan fingerprint density at radius 2 is 1.68 bits per heavy atom. The fraction of sp³-hybridized carbons (Fsp3) is 0.0625. The van der Waals surface area contributed by atoms with E-state index in [1.54, 1.807) is 30.3 Å². The van der Waals surface area contributed by atoms with Crippen molar-refractivity contribution in [3.8, 4) is 0 Å². The highest BCUT2D eigenvalue weighted by molar-refractivity contribution is 6.32. The molecule has 1 heterocycles. The number of para-hydroxylation sites is 1. The molecule has 3 amide bonds. The smallest absolute Gasteiger partial charge is 0.262 e. The Hall–Kier alpha value is -2.66. The Labute approximate surface area is 131 Å². The van der Waals surface area contributed by atoms with Gasteiger partial charge in [-0.3, -0.25) is 19.3 Å². The summed E-state index contributed by atoms with van der Waals surface area (Å²) < 4.78 is 0. The number of carbonyl (C=O) groups excluding carboxylic acids is 3. The second-order valence-electron chi connectivity index (χ2n) is 4.80. The first-order valence-corrected chi connectivity index (χ1v) is 6.95. The number of nitrogens with zero attached hydrogens (tertiary/aromatic N) is 1. The van der Waals surface area contributed by atoms with E-state index in [1.807, 2.05) is 6.07 Å². The van der Waals surface area contributed by atoms with Crippen LogP contribution in [0, 0.1) is 0 Å². The number of anilines is 1. The standard InChI is InChI=1S/C16H11ClN2O3/c17-10-6-7-12-13(8-10)16(22)19(15(12)21)9-14(20)18-11-4-2-1-3-5-11/h1-8H,9H2,(H,18,20). The van der Waals surface area contributed by atoms with E-state index in [4.69, 9.17) is 11.6 Å². The van der Waals surface area contributed by atoms with Gasteiger partial charge < -0.3 is 5.32 Å². The van der Waals surface area contributed by atoms with E-state index in [1.165, 1.54) is 12.1 Å². The van der Waals surface area contributed by atoms with Crippen molar-refractivity contribution in [3.05, 3.63) is 64.7 Å². The highest BCUT2D eigenvalue weighted by Gasteiger charge is 2.36. The number of hydrogen-bond acceptors (Lipinski definition) is 3. The molecule has 110 valence electrons. The summed E-state index contributed by atoms with van der Waals surface area (Å²) in [7, 11) is 0. The normalized spacial score (nSPS) is 13.2. The number of carbonyl (C=O) groups is 3. The van der Waals surface area contributed by atoms with E-state index in [9.17, 15) is 14.4 Å². The van der Waals surface area contributed by atoms with Gasteiger partial charge in [0.15, 0.2) is 0 Å². The second kappa shape index (κ2) is 5.61. The molecule has 0 aromatic heterocycles. The minimum Gasteiger partial charge on any atom is -0.325 e. The summed E-state index contributed by atoms with van der Waals surface area (Å²) in [5.74, 6) is -1.43. The van der Waals surface area contributed by atoms with Gasteiger partial charge in [0.2, 0.25) is 5.91 Å².